The molecule has 0 radical (unpaired) electrons. The lowest BCUT2D eigenvalue weighted by Crippen LogP contribution is -1.98. The number of nitriles is 1. The molecule has 1 rings (SSSR count). The SMILES string of the molecule is CS(=O)(=O)/C(C#N)=C\c1ccc(N)cc1. The van der Waals surface area contributed by atoms with Gasteiger partial charge < -0.3 is 5.73 Å². The van der Waals surface area contributed by atoms with Gasteiger partial charge in [-0.2, -0.15) is 5.26 Å². The molecule has 0 aliphatic rings. The van der Waals surface area contributed by atoms with Gasteiger partial charge in [0.15, 0.2) is 9.84 Å². The summed E-state index contributed by atoms with van der Waals surface area (Å²) in [7, 11) is -3.45. The summed E-state index contributed by atoms with van der Waals surface area (Å²) < 4.78 is 22.2. The van der Waals surface area contributed by atoms with Crippen molar-refractivity contribution in [2.75, 3.05) is 12.0 Å². The van der Waals surface area contributed by atoms with Crippen molar-refractivity contribution in [3.05, 3.63) is 34.7 Å². The largest absolute Gasteiger partial charge is 0.399 e. The van der Waals surface area contributed by atoms with Crippen LogP contribution in [-0.4, -0.2) is 14.7 Å². The summed E-state index contributed by atoms with van der Waals surface area (Å²) in [6.45, 7) is 0. The van der Waals surface area contributed by atoms with Crippen LogP contribution in [0.3, 0.4) is 0 Å². The van der Waals surface area contributed by atoms with Crippen LogP contribution in [0, 0.1) is 11.3 Å². The lowest BCUT2D eigenvalue weighted by Gasteiger charge is -1.97. The molecule has 1 aromatic rings. The third-order valence-corrected chi connectivity index (χ3v) is 2.75. The smallest absolute Gasteiger partial charge is 0.185 e. The predicted molar refractivity (Wildman–Crippen MR) is 59.3 cm³/mol. The Morgan fingerprint density at radius 1 is 1.40 bits per heavy atom. The second-order valence-corrected chi connectivity index (χ2v) is 5.04. The van der Waals surface area contributed by atoms with Gasteiger partial charge in [-0.3, -0.25) is 0 Å². The molecular weight excluding hydrogens is 212 g/mol. The first-order valence-corrected chi connectivity index (χ1v) is 6.00. The Morgan fingerprint density at radius 3 is 2.33 bits per heavy atom. The maximum atomic E-state index is 11.1. The van der Waals surface area contributed by atoms with Crippen LogP contribution < -0.4 is 5.73 Å². The molecule has 0 aliphatic heterocycles. The molecule has 4 nitrogen and oxygen atoms in total. The quantitative estimate of drug-likeness (QED) is 0.601. The van der Waals surface area contributed by atoms with Crippen LogP contribution in [0.1, 0.15) is 5.56 Å². The molecule has 0 saturated heterocycles. The van der Waals surface area contributed by atoms with Gasteiger partial charge in [-0.1, -0.05) is 12.1 Å². The fourth-order valence-corrected chi connectivity index (χ4v) is 1.48. The van der Waals surface area contributed by atoms with E-state index in [1.54, 1.807) is 30.3 Å². The Balaban J connectivity index is 3.17. The molecule has 0 amide bonds. The maximum Gasteiger partial charge on any atom is 0.185 e. The molecular formula is C10H10N2O2S. The number of benzene rings is 1. The summed E-state index contributed by atoms with van der Waals surface area (Å²) in [6.07, 6.45) is 2.31. The lowest BCUT2D eigenvalue weighted by atomic mass is 10.2. The standard InChI is InChI=1S/C10H10N2O2S/c1-15(13,14)10(7-11)6-8-2-4-9(12)5-3-8/h2-6H,12H2,1H3/b10-6-. The highest BCUT2D eigenvalue weighted by Gasteiger charge is 2.09. The van der Waals surface area contributed by atoms with Gasteiger partial charge in [-0.15, -0.1) is 0 Å². The lowest BCUT2D eigenvalue weighted by molar-refractivity contribution is 0.609. The number of hydrogen-bond donors (Lipinski definition) is 1. The van der Waals surface area contributed by atoms with Crippen molar-refractivity contribution in [3.8, 4) is 6.07 Å². The Hall–Kier alpha value is -1.80. The fraction of sp³-hybridized carbons (Fsp3) is 0.100. The zero-order valence-corrected chi connectivity index (χ0v) is 8.95. The van der Waals surface area contributed by atoms with Crippen LogP contribution in [0.2, 0.25) is 0 Å². The minimum atomic E-state index is -3.45. The van der Waals surface area contributed by atoms with E-state index in [-0.39, 0.29) is 4.91 Å². The summed E-state index contributed by atoms with van der Waals surface area (Å²) in [5.41, 5.74) is 6.69. The van der Waals surface area contributed by atoms with Gasteiger partial charge in [-0.25, -0.2) is 8.42 Å². The molecule has 0 aromatic heterocycles. The third-order valence-electron chi connectivity index (χ3n) is 1.74. The zero-order chi connectivity index (χ0) is 11.5. The molecule has 0 saturated carbocycles. The van der Waals surface area contributed by atoms with Crippen molar-refractivity contribution in [2.45, 2.75) is 0 Å². The topological polar surface area (TPSA) is 84.0 Å². The molecule has 15 heavy (non-hydrogen) atoms. The second-order valence-electron chi connectivity index (χ2n) is 3.06. The molecule has 2 N–H and O–H groups in total. The Labute approximate surface area is 88.6 Å². The van der Waals surface area contributed by atoms with Gasteiger partial charge in [0.1, 0.15) is 11.0 Å². The van der Waals surface area contributed by atoms with Gasteiger partial charge in [0.2, 0.25) is 0 Å². The average Bonchev–Trinajstić information content (AvgIpc) is 2.15. The van der Waals surface area contributed by atoms with Crippen molar-refractivity contribution < 1.29 is 8.42 Å². The van der Waals surface area contributed by atoms with Crippen LogP contribution in [0.5, 0.6) is 0 Å². The molecule has 5 heteroatoms. The van der Waals surface area contributed by atoms with E-state index in [0.29, 0.717) is 11.3 Å². The summed E-state index contributed by atoms with van der Waals surface area (Å²) in [5.74, 6) is 0. The molecule has 0 bridgehead atoms. The van der Waals surface area contributed by atoms with Crippen LogP contribution in [0.15, 0.2) is 29.2 Å². The highest BCUT2D eigenvalue weighted by molar-refractivity contribution is 7.95. The van der Waals surface area contributed by atoms with Crippen LogP contribution in [0.25, 0.3) is 6.08 Å². The van der Waals surface area contributed by atoms with Crippen LogP contribution >= 0.6 is 0 Å². The van der Waals surface area contributed by atoms with Crippen molar-refractivity contribution >= 4 is 21.6 Å². The van der Waals surface area contributed by atoms with Gasteiger partial charge in [-0.05, 0) is 23.8 Å². The predicted octanol–water partition coefficient (Wildman–Crippen LogP) is 1.18. The van der Waals surface area contributed by atoms with Crippen LogP contribution in [-0.2, 0) is 9.84 Å². The number of rotatable bonds is 2. The van der Waals surface area contributed by atoms with E-state index < -0.39 is 9.84 Å². The Kier molecular flexibility index (Phi) is 3.12. The second kappa shape index (κ2) is 4.15. The number of allylic oxidation sites excluding steroid dienone is 1. The van der Waals surface area contributed by atoms with Crippen LogP contribution in [0.4, 0.5) is 5.69 Å². The highest BCUT2D eigenvalue weighted by atomic mass is 32.2. The summed E-state index contributed by atoms with van der Waals surface area (Å²) >= 11 is 0. The fourth-order valence-electron chi connectivity index (χ4n) is 0.966. The van der Waals surface area contributed by atoms with Crippen molar-refractivity contribution in [1.82, 2.24) is 0 Å². The van der Waals surface area contributed by atoms with E-state index in [4.69, 9.17) is 11.0 Å². The summed E-state index contributed by atoms with van der Waals surface area (Å²) in [6, 6.07) is 8.23. The summed E-state index contributed by atoms with van der Waals surface area (Å²) in [4.78, 5) is -0.257. The number of hydrogen-bond acceptors (Lipinski definition) is 4. The third kappa shape index (κ3) is 3.11. The molecule has 78 valence electrons. The Bertz CT molecular complexity index is 522. The first-order chi connectivity index (χ1) is 6.93. The van der Waals surface area contributed by atoms with E-state index in [9.17, 15) is 8.42 Å². The molecule has 0 aliphatic carbocycles. The summed E-state index contributed by atoms with van der Waals surface area (Å²) in [5, 5.41) is 8.66. The molecule has 1 aromatic carbocycles. The first kappa shape index (κ1) is 11.3. The molecule has 0 unspecified atom stereocenters. The zero-order valence-electron chi connectivity index (χ0n) is 8.14. The van der Waals surface area contributed by atoms with Crippen molar-refractivity contribution in [1.29, 1.82) is 5.26 Å². The monoisotopic (exact) mass is 222 g/mol. The minimum Gasteiger partial charge on any atom is -0.399 e. The van der Waals surface area contributed by atoms with Gasteiger partial charge in [0, 0.05) is 11.9 Å². The number of nitrogens with zero attached hydrogens (tertiary/aromatic N) is 1. The molecule has 0 heterocycles. The first-order valence-electron chi connectivity index (χ1n) is 4.11. The van der Waals surface area contributed by atoms with E-state index in [0.717, 1.165) is 6.26 Å². The number of anilines is 1. The highest BCUT2D eigenvalue weighted by Crippen LogP contribution is 2.12. The number of sulfone groups is 1. The van der Waals surface area contributed by atoms with E-state index in [1.165, 1.54) is 6.08 Å². The van der Waals surface area contributed by atoms with Gasteiger partial charge in [0.25, 0.3) is 0 Å². The molecule has 0 fully saturated rings. The van der Waals surface area contributed by atoms with Crippen molar-refractivity contribution in [3.63, 3.8) is 0 Å². The maximum absolute atomic E-state index is 11.1. The number of nitrogen functional groups attached to an aromatic ring is 1. The van der Waals surface area contributed by atoms with E-state index in [2.05, 4.69) is 0 Å². The van der Waals surface area contributed by atoms with E-state index in [1.807, 2.05) is 0 Å². The number of nitrogens with two attached hydrogens (primary N) is 1. The van der Waals surface area contributed by atoms with Crippen molar-refractivity contribution in [2.24, 2.45) is 0 Å². The Morgan fingerprint density at radius 2 is 1.93 bits per heavy atom. The average molecular weight is 222 g/mol. The molecule has 0 atom stereocenters. The van der Waals surface area contributed by atoms with Gasteiger partial charge >= 0.3 is 0 Å². The van der Waals surface area contributed by atoms with Gasteiger partial charge in [0.05, 0.1) is 0 Å². The minimum absolute atomic E-state index is 0.257. The molecule has 0 spiro atoms. The normalized spacial score (nSPS) is 12.1. The van der Waals surface area contributed by atoms with E-state index >= 15 is 0 Å².